The molecule has 2 aromatic carbocycles. The summed E-state index contributed by atoms with van der Waals surface area (Å²) in [6, 6.07) is 10.5. The topological polar surface area (TPSA) is 95.5 Å². The van der Waals surface area contributed by atoms with E-state index < -0.39 is 41.6 Å². The van der Waals surface area contributed by atoms with Crippen LogP contribution >= 0.6 is 0 Å². The van der Waals surface area contributed by atoms with Crippen LogP contribution in [0, 0.1) is 0 Å². The van der Waals surface area contributed by atoms with Gasteiger partial charge in [-0.1, -0.05) is 42.5 Å². The van der Waals surface area contributed by atoms with E-state index in [1.165, 1.54) is 19.1 Å². The van der Waals surface area contributed by atoms with E-state index in [-0.39, 0.29) is 12.8 Å². The molecule has 0 saturated carbocycles. The standard InChI is InChI=1S/C21H21F3N2O4/c1-13(27)25-17(11-14-5-3-2-4-6-14)19(28)26-18(20(29)30)12-15-7-9-16(10-8-15)21(22,23)24/h2-10,17-18H,11-12H2,1H3,(H,25,27)(H,26,28)(H,29,30)/t17-,18+/m1/s1. The van der Waals surface area contributed by atoms with Gasteiger partial charge in [-0.2, -0.15) is 13.2 Å². The number of rotatable bonds is 8. The number of nitrogens with one attached hydrogen (secondary N) is 2. The van der Waals surface area contributed by atoms with Crippen LogP contribution in [-0.4, -0.2) is 35.0 Å². The Labute approximate surface area is 171 Å². The number of aliphatic carboxylic acids is 1. The van der Waals surface area contributed by atoms with Gasteiger partial charge in [0.25, 0.3) is 0 Å². The van der Waals surface area contributed by atoms with Crippen LogP contribution in [0.1, 0.15) is 23.6 Å². The Morgan fingerprint density at radius 3 is 1.90 bits per heavy atom. The molecule has 3 N–H and O–H groups in total. The Hall–Kier alpha value is -3.36. The molecule has 0 saturated heterocycles. The lowest BCUT2D eigenvalue weighted by Crippen LogP contribution is -2.52. The second kappa shape index (κ2) is 9.91. The van der Waals surface area contributed by atoms with Crippen molar-refractivity contribution in [3.63, 3.8) is 0 Å². The minimum Gasteiger partial charge on any atom is -0.480 e. The number of halogens is 3. The molecular formula is C21H21F3N2O4. The molecule has 0 unspecified atom stereocenters. The van der Waals surface area contributed by atoms with E-state index >= 15 is 0 Å². The van der Waals surface area contributed by atoms with Crippen molar-refractivity contribution in [3.05, 3.63) is 71.3 Å². The van der Waals surface area contributed by atoms with Crippen LogP contribution in [0.2, 0.25) is 0 Å². The maximum Gasteiger partial charge on any atom is 0.416 e. The molecule has 30 heavy (non-hydrogen) atoms. The molecule has 2 amide bonds. The fourth-order valence-corrected chi connectivity index (χ4v) is 2.84. The van der Waals surface area contributed by atoms with E-state index in [0.717, 1.165) is 17.7 Å². The fourth-order valence-electron chi connectivity index (χ4n) is 2.84. The summed E-state index contributed by atoms with van der Waals surface area (Å²) in [5.41, 5.74) is 0.228. The van der Waals surface area contributed by atoms with Gasteiger partial charge < -0.3 is 15.7 Å². The third kappa shape index (κ3) is 6.91. The normalized spacial score (nSPS) is 13.2. The van der Waals surface area contributed by atoms with Gasteiger partial charge in [0.2, 0.25) is 11.8 Å². The van der Waals surface area contributed by atoms with Gasteiger partial charge in [0.05, 0.1) is 5.56 Å². The first kappa shape index (κ1) is 22.9. The lowest BCUT2D eigenvalue weighted by molar-refractivity contribution is -0.142. The number of benzene rings is 2. The van der Waals surface area contributed by atoms with Gasteiger partial charge in [0, 0.05) is 19.8 Å². The zero-order valence-electron chi connectivity index (χ0n) is 16.1. The highest BCUT2D eigenvalue weighted by Gasteiger charge is 2.30. The third-order valence-corrected chi connectivity index (χ3v) is 4.31. The third-order valence-electron chi connectivity index (χ3n) is 4.31. The molecule has 2 rings (SSSR count). The molecule has 0 aliphatic carbocycles. The van der Waals surface area contributed by atoms with E-state index in [1.807, 2.05) is 0 Å². The Morgan fingerprint density at radius 2 is 1.40 bits per heavy atom. The van der Waals surface area contributed by atoms with Gasteiger partial charge >= 0.3 is 12.1 Å². The van der Waals surface area contributed by atoms with E-state index in [9.17, 15) is 32.7 Å². The van der Waals surface area contributed by atoms with Crippen molar-refractivity contribution in [1.82, 2.24) is 10.6 Å². The quantitative estimate of drug-likeness (QED) is 0.609. The lowest BCUT2D eigenvalue weighted by atomic mass is 10.0. The van der Waals surface area contributed by atoms with Crippen LogP contribution in [0.4, 0.5) is 13.2 Å². The molecule has 0 aliphatic rings. The SMILES string of the molecule is CC(=O)N[C@H](Cc1ccccc1)C(=O)N[C@@H](Cc1ccc(C(F)(F)F)cc1)C(=O)O. The zero-order chi connectivity index (χ0) is 22.3. The van der Waals surface area contributed by atoms with E-state index in [1.54, 1.807) is 30.3 Å². The highest BCUT2D eigenvalue weighted by molar-refractivity contribution is 5.90. The highest BCUT2D eigenvalue weighted by atomic mass is 19.4. The smallest absolute Gasteiger partial charge is 0.416 e. The summed E-state index contributed by atoms with van der Waals surface area (Å²) < 4.78 is 38.0. The van der Waals surface area contributed by atoms with Crippen LogP contribution in [0.3, 0.4) is 0 Å². The number of carbonyl (C=O) groups is 3. The maximum absolute atomic E-state index is 12.7. The number of amides is 2. The average molecular weight is 422 g/mol. The molecule has 9 heteroatoms. The van der Waals surface area contributed by atoms with Crippen molar-refractivity contribution in [2.45, 2.75) is 38.0 Å². The number of hydrogen-bond acceptors (Lipinski definition) is 3. The molecule has 2 aromatic rings. The zero-order valence-corrected chi connectivity index (χ0v) is 16.1. The molecule has 0 heterocycles. The van der Waals surface area contributed by atoms with Gasteiger partial charge in [0.15, 0.2) is 0 Å². The minimum atomic E-state index is -4.50. The predicted octanol–water partition coefficient (Wildman–Crippen LogP) is 2.56. The van der Waals surface area contributed by atoms with Crippen molar-refractivity contribution >= 4 is 17.8 Å². The second-order valence-electron chi connectivity index (χ2n) is 6.74. The molecule has 160 valence electrons. The number of carbonyl (C=O) groups excluding carboxylic acids is 2. The van der Waals surface area contributed by atoms with Crippen molar-refractivity contribution in [2.24, 2.45) is 0 Å². The summed E-state index contributed by atoms with van der Waals surface area (Å²) in [6.45, 7) is 1.24. The molecular weight excluding hydrogens is 401 g/mol. The number of alkyl halides is 3. The van der Waals surface area contributed by atoms with Crippen LogP contribution in [0.15, 0.2) is 54.6 Å². The lowest BCUT2D eigenvalue weighted by Gasteiger charge is -2.21. The summed E-state index contributed by atoms with van der Waals surface area (Å²) >= 11 is 0. The molecule has 6 nitrogen and oxygen atoms in total. The minimum absolute atomic E-state index is 0.152. The average Bonchev–Trinajstić information content (AvgIpc) is 2.67. The van der Waals surface area contributed by atoms with Gasteiger partial charge in [0.1, 0.15) is 12.1 Å². The number of carboxylic acid groups (broad SMARTS) is 1. The first-order valence-corrected chi connectivity index (χ1v) is 9.06. The van der Waals surface area contributed by atoms with Gasteiger partial charge in [-0.05, 0) is 23.3 Å². The van der Waals surface area contributed by atoms with E-state index in [2.05, 4.69) is 10.6 Å². The largest absolute Gasteiger partial charge is 0.480 e. The summed E-state index contributed by atoms with van der Waals surface area (Å²) in [6.07, 6.45) is -4.56. The van der Waals surface area contributed by atoms with Crippen LogP contribution in [-0.2, 0) is 33.4 Å². The molecule has 2 atom stereocenters. The maximum atomic E-state index is 12.7. The second-order valence-corrected chi connectivity index (χ2v) is 6.74. The Bertz CT molecular complexity index is 883. The van der Waals surface area contributed by atoms with Crippen LogP contribution in [0.5, 0.6) is 0 Å². The summed E-state index contributed by atoms with van der Waals surface area (Å²) in [4.78, 5) is 35.7. The number of hydrogen-bond donors (Lipinski definition) is 3. The van der Waals surface area contributed by atoms with Crippen LogP contribution in [0.25, 0.3) is 0 Å². The molecule has 0 aromatic heterocycles. The van der Waals surface area contributed by atoms with Gasteiger partial charge in [-0.15, -0.1) is 0 Å². The van der Waals surface area contributed by atoms with Crippen molar-refractivity contribution in [1.29, 1.82) is 0 Å². The van der Waals surface area contributed by atoms with E-state index in [4.69, 9.17) is 0 Å². The predicted molar refractivity (Wildman–Crippen MR) is 102 cm³/mol. The van der Waals surface area contributed by atoms with Gasteiger partial charge in [-0.3, -0.25) is 9.59 Å². The first-order chi connectivity index (χ1) is 14.1. The first-order valence-electron chi connectivity index (χ1n) is 9.06. The summed E-state index contributed by atoms with van der Waals surface area (Å²) in [5.74, 6) is -2.50. The summed E-state index contributed by atoms with van der Waals surface area (Å²) in [7, 11) is 0. The molecule has 0 bridgehead atoms. The molecule has 0 radical (unpaired) electrons. The van der Waals surface area contributed by atoms with Crippen molar-refractivity contribution in [2.75, 3.05) is 0 Å². The van der Waals surface area contributed by atoms with Crippen molar-refractivity contribution < 1.29 is 32.7 Å². The number of carboxylic acids is 1. The molecule has 0 spiro atoms. The van der Waals surface area contributed by atoms with Gasteiger partial charge in [-0.25, -0.2) is 4.79 Å². The Morgan fingerprint density at radius 1 is 0.867 bits per heavy atom. The fraction of sp³-hybridized carbons (Fsp3) is 0.286. The molecule has 0 fully saturated rings. The summed E-state index contributed by atoms with van der Waals surface area (Å²) in [5, 5.41) is 14.3. The highest BCUT2D eigenvalue weighted by Crippen LogP contribution is 2.29. The molecule has 0 aliphatic heterocycles. The Kier molecular flexibility index (Phi) is 7.57. The van der Waals surface area contributed by atoms with Crippen LogP contribution < -0.4 is 10.6 Å². The van der Waals surface area contributed by atoms with Crippen molar-refractivity contribution in [3.8, 4) is 0 Å². The monoisotopic (exact) mass is 422 g/mol. The van der Waals surface area contributed by atoms with E-state index in [0.29, 0.717) is 5.56 Å². The Balaban J connectivity index is 2.11.